The second-order valence-corrected chi connectivity index (χ2v) is 15.3. The molecule has 0 radical (unpaired) electrons. The summed E-state index contributed by atoms with van der Waals surface area (Å²) in [5.74, 6) is 3.78. The number of amides is 1. The molecule has 48 heavy (non-hydrogen) atoms. The Kier molecular flexibility index (Phi) is 10.9. The largest absolute Gasteiger partial charge is 0.493 e. The number of halogens is 1. The third-order valence-corrected chi connectivity index (χ3v) is 11.2. The molecule has 6 rings (SSSR count). The molecule has 2 fully saturated rings. The summed E-state index contributed by atoms with van der Waals surface area (Å²) >= 11 is 6.31. The molecule has 7 heteroatoms. The molecule has 1 saturated carbocycles. The lowest BCUT2D eigenvalue weighted by molar-refractivity contribution is -0.118. The topological polar surface area (TPSA) is 45.2 Å². The van der Waals surface area contributed by atoms with Crippen molar-refractivity contribution in [3.05, 3.63) is 82.4 Å². The van der Waals surface area contributed by atoms with E-state index in [0.29, 0.717) is 22.4 Å². The number of ether oxygens (including phenoxy) is 2. The standard InChI is InChI=1S/C41H54ClN3O3/c1-7-29-20-28(4)24-44(26-29)35-14-8-30(9-15-35)25-43(5)34-16-18-36(19-17-34)45-40(46)22-32-21-38(47-6)39(48-27(2)3)23-37(32)41(45)31-10-12-33(42)13-11-31/h10-13,16-19,21,23,27-30,35,41H,7-9,14-15,20,22,24-26H2,1-6H3. The molecule has 0 aromatic heterocycles. The van der Waals surface area contributed by atoms with Gasteiger partial charge in [-0.25, -0.2) is 0 Å². The molecule has 3 aromatic carbocycles. The first-order chi connectivity index (χ1) is 23.1. The van der Waals surface area contributed by atoms with Crippen molar-refractivity contribution in [2.45, 2.75) is 90.8 Å². The van der Waals surface area contributed by atoms with Gasteiger partial charge in [-0.05, 0) is 129 Å². The third-order valence-electron chi connectivity index (χ3n) is 10.9. The van der Waals surface area contributed by atoms with Crippen molar-refractivity contribution in [1.29, 1.82) is 0 Å². The van der Waals surface area contributed by atoms with Crippen LogP contribution in [0, 0.1) is 17.8 Å². The molecule has 3 aromatic rings. The second kappa shape index (κ2) is 15.1. The molecule has 3 aliphatic rings. The van der Waals surface area contributed by atoms with Gasteiger partial charge in [0.25, 0.3) is 0 Å². The Labute approximate surface area is 293 Å². The van der Waals surface area contributed by atoms with E-state index in [0.717, 1.165) is 46.8 Å². The quantitative estimate of drug-likeness (QED) is 0.215. The van der Waals surface area contributed by atoms with Gasteiger partial charge >= 0.3 is 0 Å². The number of carbonyl (C=O) groups excluding carboxylic acids is 1. The Morgan fingerprint density at radius 1 is 0.938 bits per heavy atom. The predicted octanol–water partition coefficient (Wildman–Crippen LogP) is 9.18. The van der Waals surface area contributed by atoms with Crippen LogP contribution < -0.4 is 19.3 Å². The lowest BCUT2D eigenvalue weighted by atomic mass is 9.82. The van der Waals surface area contributed by atoms with Crippen LogP contribution >= 0.6 is 11.6 Å². The highest BCUT2D eigenvalue weighted by Gasteiger charge is 2.36. The minimum atomic E-state index is -0.326. The lowest BCUT2D eigenvalue weighted by Gasteiger charge is -2.44. The number of rotatable bonds is 10. The number of hydrogen-bond donors (Lipinski definition) is 0. The molecule has 258 valence electrons. The van der Waals surface area contributed by atoms with E-state index in [1.54, 1.807) is 7.11 Å². The lowest BCUT2D eigenvalue weighted by Crippen LogP contribution is -2.47. The van der Waals surface area contributed by atoms with E-state index in [1.807, 2.05) is 49.1 Å². The van der Waals surface area contributed by atoms with Gasteiger partial charge in [-0.15, -0.1) is 0 Å². The monoisotopic (exact) mass is 671 g/mol. The minimum absolute atomic E-state index is 0.0149. The Balaban J connectivity index is 1.18. The summed E-state index contributed by atoms with van der Waals surface area (Å²) in [5.41, 5.74) is 5.05. The van der Waals surface area contributed by atoms with Crippen LogP contribution in [-0.2, 0) is 11.2 Å². The molecule has 0 bridgehead atoms. The molecule has 3 unspecified atom stereocenters. The Bertz CT molecular complexity index is 1530. The SMILES string of the molecule is CCC1CC(C)CN(C2CCC(CN(C)c3ccc(N4C(=O)Cc5cc(OC)c(OC(C)C)cc5C4c4ccc(Cl)cc4)cc3)CC2)C1. The van der Waals surface area contributed by atoms with Gasteiger partial charge in [-0.2, -0.15) is 0 Å². The molecule has 1 amide bonds. The van der Waals surface area contributed by atoms with E-state index in [1.165, 1.54) is 57.3 Å². The number of benzene rings is 3. The van der Waals surface area contributed by atoms with Crippen LogP contribution in [0.4, 0.5) is 11.4 Å². The Morgan fingerprint density at radius 3 is 2.29 bits per heavy atom. The zero-order chi connectivity index (χ0) is 33.9. The van der Waals surface area contributed by atoms with Gasteiger partial charge in [0.05, 0.1) is 25.7 Å². The van der Waals surface area contributed by atoms with E-state index >= 15 is 0 Å². The number of carbonyl (C=O) groups is 1. The fraction of sp³-hybridized carbons (Fsp3) is 0.537. The highest BCUT2D eigenvalue weighted by atomic mass is 35.5. The van der Waals surface area contributed by atoms with Crippen LogP contribution in [-0.4, -0.2) is 56.7 Å². The zero-order valence-electron chi connectivity index (χ0n) is 29.8. The number of methoxy groups -OCH3 is 1. The van der Waals surface area contributed by atoms with Gasteiger partial charge in [-0.3, -0.25) is 9.69 Å². The summed E-state index contributed by atoms with van der Waals surface area (Å²) in [6.45, 7) is 12.5. The van der Waals surface area contributed by atoms with Gasteiger partial charge in [0.15, 0.2) is 11.5 Å². The maximum absolute atomic E-state index is 14.0. The smallest absolute Gasteiger partial charge is 0.232 e. The fourth-order valence-corrected chi connectivity index (χ4v) is 8.63. The van der Waals surface area contributed by atoms with Crippen LogP contribution in [0.5, 0.6) is 11.5 Å². The highest BCUT2D eigenvalue weighted by molar-refractivity contribution is 6.30. The maximum Gasteiger partial charge on any atom is 0.232 e. The summed E-state index contributed by atoms with van der Waals surface area (Å²) in [6.07, 6.45) is 8.22. The average Bonchev–Trinajstić information content (AvgIpc) is 3.08. The van der Waals surface area contributed by atoms with Crippen LogP contribution in [0.3, 0.4) is 0 Å². The first kappa shape index (κ1) is 34.6. The summed E-state index contributed by atoms with van der Waals surface area (Å²) < 4.78 is 11.8. The van der Waals surface area contributed by atoms with Crippen LogP contribution in [0.25, 0.3) is 0 Å². The highest BCUT2D eigenvalue weighted by Crippen LogP contribution is 2.44. The molecule has 2 heterocycles. The van der Waals surface area contributed by atoms with E-state index < -0.39 is 0 Å². The third kappa shape index (κ3) is 7.65. The molecular weight excluding hydrogens is 618 g/mol. The van der Waals surface area contributed by atoms with Crippen LogP contribution in [0.15, 0.2) is 60.7 Å². The number of likely N-dealkylation sites (tertiary alicyclic amines) is 1. The summed E-state index contributed by atoms with van der Waals surface area (Å²) in [4.78, 5) is 21.1. The van der Waals surface area contributed by atoms with E-state index in [2.05, 4.69) is 61.0 Å². The normalized spacial score (nSPS) is 24.8. The fourth-order valence-electron chi connectivity index (χ4n) is 8.50. The van der Waals surface area contributed by atoms with Crippen molar-refractivity contribution in [3.63, 3.8) is 0 Å². The van der Waals surface area contributed by atoms with Gasteiger partial charge in [0.1, 0.15) is 0 Å². The van der Waals surface area contributed by atoms with E-state index in [-0.39, 0.29) is 24.5 Å². The van der Waals surface area contributed by atoms with Gasteiger partial charge < -0.3 is 19.3 Å². The molecule has 3 atom stereocenters. The van der Waals surface area contributed by atoms with Crippen molar-refractivity contribution < 1.29 is 14.3 Å². The number of piperidine rings is 1. The molecule has 1 aliphatic carbocycles. The predicted molar refractivity (Wildman–Crippen MR) is 198 cm³/mol. The van der Waals surface area contributed by atoms with Gasteiger partial charge in [0.2, 0.25) is 5.91 Å². The maximum atomic E-state index is 14.0. The molecule has 6 nitrogen and oxygen atoms in total. The number of hydrogen-bond acceptors (Lipinski definition) is 5. The first-order valence-corrected chi connectivity index (χ1v) is 18.5. The molecule has 2 aliphatic heterocycles. The Hall–Kier alpha value is -3.22. The Morgan fingerprint density at radius 2 is 1.65 bits per heavy atom. The average molecular weight is 672 g/mol. The number of anilines is 2. The van der Waals surface area contributed by atoms with Crippen LogP contribution in [0.1, 0.15) is 89.0 Å². The molecule has 1 saturated heterocycles. The van der Waals surface area contributed by atoms with Crippen molar-refractivity contribution >= 4 is 28.9 Å². The number of nitrogens with zero attached hydrogens (tertiary/aromatic N) is 3. The van der Waals surface area contributed by atoms with Crippen molar-refractivity contribution in [2.24, 2.45) is 17.8 Å². The van der Waals surface area contributed by atoms with E-state index in [9.17, 15) is 4.79 Å². The van der Waals surface area contributed by atoms with Crippen molar-refractivity contribution in [2.75, 3.05) is 43.6 Å². The molecule has 0 spiro atoms. The number of fused-ring (bicyclic) bond motifs is 1. The summed E-state index contributed by atoms with van der Waals surface area (Å²) in [6, 6.07) is 20.8. The second-order valence-electron chi connectivity index (χ2n) is 14.9. The summed E-state index contributed by atoms with van der Waals surface area (Å²) in [7, 11) is 3.85. The van der Waals surface area contributed by atoms with E-state index in [4.69, 9.17) is 21.1 Å². The van der Waals surface area contributed by atoms with Crippen molar-refractivity contribution in [3.8, 4) is 11.5 Å². The minimum Gasteiger partial charge on any atom is -0.493 e. The molecule has 0 N–H and O–H groups in total. The van der Waals surface area contributed by atoms with Crippen LogP contribution in [0.2, 0.25) is 5.02 Å². The summed E-state index contributed by atoms with van der Waals surface area (Å²) in [5, 5.41) is 0.665. The van der Waals surface area contributed by atoms with Crippen molar-refractivity contribution in [1.82, 2.24) is 4.90 Å². The van der Waals surface area contributed by atoms with Gasteiger partial charge in [0, 0.05) is 49.1 Å². The zero-order valence-corrected chi connectivity index (χ0v) is 30.5. The molecular formula is C41H54ClN3O3. The first-order valence-electron chi connectivity index (χ1n) is 18.1. The van der Waals surface area contributed by atoms with Gasteiger partial charge in [-0.1, -0.05) is 44.0 Å².